The number of rotatable bonds is 0. The Balaban J connectivity index is 3.51. The van der Waals surface area contributed by atoms with Crippen LogP contribution in [0.25, 0.3) is 0 Å². The van der Waals surface area contributed by atoms with Gasteiger partial charge in [0.05, 0.1) is 6.20 Å². The summed E-state index contributed by atoms with van der Waals surface area (Å²) < 4.78 is 0. The molecule has 1 heterocycles. The van der Waals surface area contributed by atoms with E-state index in [9.17, 15) is 9.59 Å². The molecule has 0 amide bonds. The predicted molar refractivity (Wildman–Crippen MR) is 31.1 cm³/mol. The Morgan fingerprint density at radius 1 is 1.33 bits per heavy atom. The number of hydrogen-bond acceptors (Lipinski definition) is 3. The third-order valence-corrected chi connectivity index (χ3v) is 0.766. The largest absolute Gasteiger partial charge is 0.288 e. The van der Waals surface area contributed by atoms with E-state index in [1.165, 1.54) is 0 Å². The number of hydrogen-bond donors (Lipinski definition) is 1. The van der Waals surface area contributed by atoms with Gasteiger partial charge >= 0.3 is 0 Å². The zero-order chi connectivity index (χ0) is 6.69. The first kappa shape index (κ1) is 5.68. The van der Waals surface area contributed by atoms with E-state index in [-0.39, 0.29) is 11.0 Å². The van der Waals surface area contributed by atoms with Crippen LogP contribution in [0.3, 0.4) is 0 Å². The molecule has 46 valence electrons. The van der Waals surface area contributed by atoms with Crippen LogP contribution in [0, 0.1) is 0 Å². The Bertz CT molecular complexity index is 274. The minimum Gasteiger partial charge on any atom is -0.288 e. The summed E-state index contributed by atoms with van der Waals surface area (Å²) in [7, 11) is 0. The van der Waals surface area contributed by atoms with Crippen LogP contribution in [-0.4, -0.2) is 10.2 Å². The van der Waals surface area contributed by atoms with E-state index in [0.29, 0.717) is 0 Å². The average molecular weight is 124 g/mol. The molecule has 0 saturated carbocycles. The first-order valence-electron chi connectivity index (χ1n) is 2.34. The summed E-state index contributed by atoms with van der Waals surface area (Å²) in [6.07, 6.45) is 1.04. The molecule has 0 aliphatic carbocycles. The number of aromatic nitrogens is 2. The molecule has 0 fully saturated rings. The highest BCUT2D eigenvalue weighted by Gasteiger charge is 1.77. The third-order valence-electron chi connectivity index (χ3n) is 0.766. The summed E-state index contributed by atoms with van der Waals surface area (Å²) in [6.45, 7) is 0. The lowest BCUT2D eigenvalue weighted by atomic mass is 10.5. The van der Waals surface area contributed by atoms with Crippen molar-refractivity contribution in [3.8, 4) is 0 Å². The van der Waals surface area contributed by atoms with Crippen molar-refractivity contribution in [2.45, 2.75) is 0 Å². The molecule has 0 aromatic carbocycles. The molecule has 1 aromatic rings. The molecular formula is C5H4N2O2. The molecule has 1 aromatic heterocycles. The van der Waals surface area contributed by atoms with E-state index in [2.05, 4.69) is 10.2 Å². The molecule has 1 N–H and O–H groups in total. The van der Waals surface area contributed by atoms with Gasteiger partial charge in [0.1, 0.15) is 0 Å². The van der Waals surface area contributed by atoms with E-state index in [4.69, 9.17) is 0 Å². The molecule has 4 nitrogen and oxygen atoms in total. The van der Waals surface area contributed by atoms with Crippen molar-refractivity contribution in [3.05, 3.63) is 38.9 Å². The van der Waals surface area contributed by atoms with E-state index in [1.807, 2.05) is 0 Å². The molecule has 0 aliphatic heterocycles. The van der Waals surface area contributed by atoms with Gasteiger partial charge in [0.2, 0.25) is 0 Å². The molecule has 4 heteroatoms. The maximum atomic E-state index is 10.4. The summed E-state index contributed by atoms with van der Waals surface area (Å²) in [6, 6.07) is 2.29. The Kier molecular flexibility index (Phi) is 1.40. The highest BCUT2D eigenvalue weighted by molar-refractivity contribution is 4.87. The summed E-state index contributed by atoms with van der Waals surface area (Å²) in [5.41, 5.74) is -0.662. The summed E-state index contributed by atoms with van der Waals surface area (Å²) in [5.74, 6) is 0. The smallest absolute Gasteiger partial charge is 0.264 e. The van der Waals surface area contributed by atoms with Gasteiger partial charge in [0.25, 0.3) is 5.56 Å². The van der Waals surface area contributed by atoms with E-state index in [0.717, 1.165) is 18.3 Å². The van der Waals surface area contributed by atoms with E-state index >= 15 is 0 Å². The van der Waals surface area contributed by atoms with Gasteiger partial charge in [0, 0.05) is 6.07 Å². The van der Waals surface area contributed by atoms with Gasteiger partial charge in [-0.1, -0.05) is 0 Å². The van der Waals surface area contributed by atoms with Gasteiger partial charge in [0.15, 0.2) is 5.43 Å². The molecule has 1 rings (SSSR count). The molecule has 0 saturated heterocycles. The van der Waals surface area contributed by atoms with Gasteiger partial charge in [-0.25, -0.2) is 5.10 Å². The summed E-state index contributed by atoms with van der Waals surface area (Å²) >= 11 is 0. The molecule has 0 radical (unpaired) electrons. The molecule has 0 aliphatic rings. The number of H-pyrrole nitrogens is 1. The average Bonchev–Trinajstić information content (AvgIpc) is 1.97. The molecular weight excluding hydrogens is 120 g/mol. The molecule has 9 heavy (non-hydrogen) atoms. The monoisotopic (exact) mass is 124 g/mol. The maximum absolute atomic E-state index is 10.4. The van der Waals surface area contributed by atoms with Crippen molar-refractivity contribution in [2.24, 2.45) is 0 Å². The minimum atomic E-state index is -0.378. The first-order valence-corrected chi connectivity index (χ1v) is 2.34. The lowest BCUT2D eigenvalue weighted by Gasteiger charge is -1.61. The normalized spacial score (nSPS) is 8.89. The van der Waals surface area contributed by atoms with Crippen LogP contribution >= 0.6 is 0 Å². The van der Waals surface area contributed by atoms with Gasteiger partial charge in [-0.3, -0.25) is 9.59 Å². The third kappa shape index (κ3) is 1.49. The van der Waals surface area contributed by atoms with Crippen LogP contribution in [0.4, 0.5) is 0 Å². The Morgan fingerprint density at radius 3 is 2.89 bits per heavy atom. The summed E-state index contributed by atoms with van der Waals surface area (Å²) in [5, 5.41) is 5.39. The minimum absolute atomic E-state index is 0.284. The molecule has 0 unspecified atom stereocenters. The van der Waals surface area contributed by atoms with Gasteiger partial charge in [-0.05, 0) is 6.07 Å². The van der Waals surface area contributed by atoms with Crippen molar-refractivity contribution >= 4 is 0 Å². The van der Waals surface area contributed by atoms with Crippen LogP contribution in [0.15, 0.2) is 27.9 Å². The van der Waals surface area contributed by atoms with Crippen LogP contribution in [0.2, 0.25) is 0 Å². The van der Waals surface area contributed by atoms with Crippen LogP contribution in [0.5, 0.6) is 0 Å². The second kappa shape index (κ2) is 2.21. The van der Waals surface area contributed by atoms with Crippen LogP contribution in [-0.2, 0) is 0 Å². The SMILES string of the molecule is O=c1ccc(=O)[nH]nc1. The highest BCUT2D eigenvalue weighted by atomic mass is 16.1. The highest BCUT2D eigenvalue weighted by Crippen LogP contribution is 1.54. The standard InChI is InChI=1S/C5H4N2O2/c8-4-1-2-5(9)7-6-3-4/h1-3H,(H,7,9). The zero-order valence-corrected chi connectivity index (χ0v) is 4.50. The van der Waals surface area contributed by atoms with Crippen LogP contribution < -0.4 is 11.0 Å². The van der Waals surface area contributed by atoms with E-state index < -0.39 is 0 Å². The topological polar surface area (TPSA) is 62.8 Å². The quantitative estimate of drug-likeness (QED) is 0.489. The predicted octanol–water partition coefficient (Wildman–Crippen LogP) is -0.870. The number of nitrogens with one attached hydrogen (secondary N) is 1. The Morgan fingerprint density at radius 2 is 2.11 bits per heavy atom. The fourth-order valence-electron chi connectivity index (χ4n) is 0.398. The van der Waals surface area contributed by atoms with Crippen LogP contribution in [0.1, 0.15) is 0 Å². The molecule has 0 spiro atoms. The molecule has 0 atom stereocenters. The summed E-state index contributed by atoms with van der Waals surface area (Å²) in [4.78, 5) is 20.8. The molecule has 0 bridgehead atoms. The Labute approximate surface area is 50.2 Å². The number of nitrogens with zero attached hydrogens (tertiary/aromatic N) is 1. The van der Waals surface area contributed by atoms with Crippen molar-refractivity contribution in [1.82, 2.24) is 10.2 Å². The van der Waals surface area contributed by atoms with Gasteiger partial charge < -0.3 is 0 Å². The van der Waals surface area contributed by atoms with Crippen molar-refractivity contribution in [2.75, 3.05) is 0 Å². The van der Waals surface area contributed by atoms with E-state index in [1.54, 1.807) is 0 Å². The lowest BCUT2D eigenvalue weighted by molar-refractivity contribution is 1.01. The maximum Gasteiger partial charge on any atom is 0.264 e. The van der Waals surface area contributed by atoms with Gasteiger partial charge in [-0.2, -0.15) is 5.10 Å². The second-order valence-electron chi connectivity index (χ2n) is 1.47. The van der Waals surface area contributed by atoms with Crippen molar-refractivity contribution in [3.63, 3.8) is 0 Å². The fourth-order valence-corrected chi connectivity index (χ4v) is 0.398. The Hall–Kier alpha value is -1.45. The van der Waals surface area contributed by atoms with Crippen molar-refractivity contribution in [1.29, 1.82) is 0 Å². The second-order valence-corrected chi connectivity index (χ2v) is 1.47. The van der Waals surface area contributed by atoms with Gasteiger partial charge in [-0.15, -0.1) is 0 Å². The zero-order valence-electron chi connectivity index (χ0n) is 4.50. The first-order chi connectivity index (χ1) is 4.29. The number of aromatic amines is 1. The fraction of sp³-hybridized carbons (Fsp3) is 0. The van der Waals surface area contributed by atoms with Crippen molar-refractivity contribution < 1.29 is 0 Å². The lowest BCUT2D eigenvalue weighted by Crippen LogP contribution is -1.98.